The summed E-state index contributed by atoms with van der Waals surface area (Å²) in [5, 5.41) is 9.20. The van der Waals surface area contributed by atoms with Crippen molar-refractivity contribution in [3.8, 4) is 0 Å². The maximum Gasteiger partial charge on any atom is 0.326 e. The van der Waals surface area contributed by atoms with E-state index in [2.05, 4.69) is 11.9 Å². The molecule has 2 saturated heterocycles. The number of carbonyl (C=O) groups is 2. The summed E-state index contributed by atoms with van der Waals surface area (Å²) < 4.78 is 0. The molecule has 0 aromatic heterocycles. The second kappa shape index (κ2) is 6.37. The molecule has 5 nitrogen and oxygen atoms in total. The largest absolute Gasteiger partial charge is 0.480 e. The zero-order valence-corrected chi connectivity index (χ0v) is 11.7. The van der Waals surface area contributed by atoms with Crippen molar-refractivity contribution in [2.45, 2.75) is 44.6 Å². The van der Waals surface area contributed by atoms with Crippen molar-refractivity contribution >= 4 is 11.9 Å². The molecule has 1 amide bonds. The van der Waals surface area contributed by atoms with E-state index in [0.29, 0.717) is 25.3 Å². The molecule has 0 aromatic carbocycles. The van der Waals surface area contributed by atoms with Crippen molar-refractivity contribution in [2.24, 2.45) is 5.92 Å². The second-order valence-corrected chi connectivity index (χ2v) is 5.91. The van der Waals surface area contributed by atoms with E-state index in [1.807, 2.05) is 0 Å². The fraction of sp³-hybridized carbons (Fsp3) is 0.857. The first-order valence-corrected chi connectivity index (χ1v) is 7.28. The van der Waals surface area contributed by atoms with Gasteiger partial charge in [0.15, 0.2) is 0 Å². The van der Waals surface area contributed by atoms with Gasteiger partial charge in [-0.05, 0) is 51.6 Å². The number of hydrogen-bond acceptors (Lipinski definition) is 3. The van der Waals surface area contributed by atoms with Crippen molar-refractivity contribution in [1.29, 1.82) is 0 Å². The van der Waals surface area contributed by atoms with Gasteiger partial charge in [0.2, 0.25) is 5.91 Å². The molecule has 2 atom stereocenters. The van der Waals surface area contributed by atoms with E-state index in [4.69, 9.17) is 0 Å². The fourth-order valence-electron chi connectivity index (χ4n) is 3.29. The molecule has 2 fully saturated rings. The van der Waals surface area contributed by atoms with E-state index in [1.165, 1.54) is 0 Å². The van der Waals surface area contributed by atoms with Crippen molar-refractivity contribution in [1.82, 2.24) is 9.80 Å². The zero-order valence-electron chi connectivity index (χ0n) is 11.7. The van der Waals surface area contributed by atoms with E-state index in [9.17, 15) is 14.7 Å². The van der Waals surface area contributed by atoms with Crippen LogP contribution in [0.4, 0.5) is 0 Å². The summed E-state index contributed by atoms with van der Waals surface area (Å²) in [6, 6.07) is -0.595. The summed E-state index contributed by atoms with van der Waals surface area (Å²) in [6.07, 6.45) is 5.17. The number of carboxylic acid groups (broad SMARTS) is 1. The van der Waals surface area contributed by atoms with Gasteiger partial charge in [0.1, 0.15) is 6.04 Å². The fourth-order valence-corrected chi connectivity index (χ4v) is 3.29. The van der Waals surface area contributed by atoms with E-state index < -0.39 is 12.0 Å². The van der Waals surface area contributed by atoms with Gasteiger partial charge in [0, 0.05) is 19.5 Å². The summed E-state index contributed by atoms with van der Waals surface area (Å²) >= 11 is 0. The Hall–Kier alpha value is -1.10. The van der Waals surface area contributed by atoms with Gasteiger partial charge < -0.3 is 14.9 Å². The lowest BCUT2D eigenvalue weighted by Crippen LogP contribution is -2.49. The maximum atomic E-state index is 12.3. The molecule has 2 aliphatic rings. The molecule has 1 N–H and O–H groups in total. The minimum Gasteiger partial charge on any atom is -0.480 e. The first-order valence-electron chi connectivity index (χ1n) is 7.28. The molecule has 2 aliphatic heterocycles. The van der Waals surface area contributed by atoms with Gasteiger partial charge >= 0.3 is 5.97 Å². The second-order valence-electron chi connectivity index (χ2n) is 5.91. The average Bonchev–Trinajstić information content (AvgIpc) is 2.38. The van der Waals surface area contributed by atoms with Crippen LogP contribution in [-0.2, 0) is 9.59 Å². The predicted molar refractivity (Wildman–Crippen MR) is 71.8 cm³/mol. The molecule has 2 unspecified atom stereocenters. The van der Waals surface area contributed by atoms with Crippen LogP contribution in [0.2, 0.25) is 0 Å². The van der Waals surface area contributed by atoms with Gasteiger partial charge in [-0.2, -0.15) is 0 Å². The lowest BCUT2D eigenvalue weighted by Gasteiger charge is -2.35. The average molecular weight is 268 g/mol. The monoisotopic (exact) mass is 268 g/mol. The Kier molecular flexibility index (Phi) is 4.80. The Morgan fingerprint density at radius 1 is 1.16 bits per heavy atom. The minimum absolute atomic E-state index is 0.0346. The molecule has 0 aromatic rings. The van der Waals surface area contributed by atoms with Crippen molar-refractivity contribution < 1.29 is 14.7 Å². The number of likely N-dealkylation sites (tertiary alicyclic amines) is 2. The van der Waals surface area contributed by atoms with Crippen LogP contribution < -0.4 is 0 Å². The normalized spacial score (nSPS) is 29.2. The van der Waals surface area contributed by atoms with E-state index in [-0.39, 0.29) is 5.91 Å². The van der Waals surface area contributed by atoms with Gasteiger partial charge in [-0.25, -0.2) is 4.79 Å². The molecule has 0 bridgehead atoms. The third kappa shape index (κ3) is 3.69. The van der Waals surface area contributed by atoms with Crippen LogP contribution in [0.5, 0.6) is 0 Å². The number of hydrogen-bond donors (Lipinski definition) is 1. The van der Waals surface area contributed by atoms with Crippen LogP contribution in [0.15, 0.2) is 0 Å². The highest BCUT2D eigenvalue weighted by Crippen LogP contribution is 2.23. The van der Waals surface area contributed by atoms with Crippen LogP contribution in [0.1, 0.15) is 38.5 Å². The van der Waals surface area contributed by atoms with E-state index in [0.717, 1.165) is 38.8 Å². The van der Waals surface area contributed by atoms with Gasteiger partial charge in [0.05, 0.1) is 0 Å². The Morgan fingerprint density at radius 3 is 2.63 bits per heavy atom. The molecule has 5 heteroatoms. The quantitative estimate of drug-likeness (QED) is 0.835. The number of carbonyl (C=O) groups excluding carboxylic acids is 1. The zero-order chi connectivity index (χ0) is 13.8. The minimum atomic E-state index is -0.853. The molecular formula is C14H24N2O3. The predicted octanol–water partition coefficient (Wildman–Crippen LogP) is 1.18. The maximum absolute atomic E-state index is 12.3. The summed E-state index contributed by atoms with van der Waals surface area (Å²) in [5.41, 5.74) is 0. The highest BCUT2D eigenvalue weighted by atomic mass is 16.4. The Balaban J connectivity index is 1.92. The van der Waals surface area contributed by atoms with Gasteiger partial charge in [-0.1, -0.05) is 0 Å². The van der Waals surface area contributed by atoms with Crippen LogP contribution in [-0.4, -0.2) is 59.5 Å². The van der Waals surface area contributed by atoms with Crippen LogP contribution in [0.25, 0.3) is 0 Å². The molecule has 2 rings (SSSR count). The third-order valence-electron chi connectivity index (χ3n) is 4.29. The standard InChI is InChI=1S/C14H24N2O3/c1-15-7-4-5-11(10-15)9-13(17)16-8-3-2-6-12(16)14(18)19/h11-12H,2-10H2,1H3,(H,18,19). The van der Waals surface area contributed by atoms with Crippen LogP contribution >= 0.6 is 0 Å². The van der Waals surface area contributed by atoms with Crippen molar-refractivity contribution in [2.75, 3.05) is 26.7 Å². The van der Waals surface area contributed by atoms with Crippen LogP contribution in [0, 0.1) is 5.92 Å². The highest BCUT2D eigenvalue weighted by molar-refractivity contribution is 5.84. The molecule has 108 valence electrons. The number of nitrogens with zero attached hydrogens (tertiary/aromatic N) is 2. The number of piperidine rings is 2. The van der Waals surface area contributed by atoms with Crippen molar-refractivity contribution in [3.63, 3.8) is 0 Å². The van der Waals surface area contributed by atoms with Crippen molar-refractivity contribution in [3.05, 3.63) is 0 Å². The number of aliphatic carboxylic acids is 1. The molecule has 0 aliphatic carbocycles. The molecular weight excluding hydrogens is 244 g/mol. The van der Waals surface area contributed by atoms with Gasteiger partial charge in [-0.15, -0.1) is 0 Å². The number of amides is 1. The Labute approximate surface area is 114 Å². The number of rotatable bonds is 3. The summed E-state index contributed by atoms with van der Waals surface area (Å²) in [7, 11) is 2.08. The van der Waals surface area contributed by atoms with Crippen LogP contribution in [0.3, 0.4) is 0 Å². The third-order valence-corrected chi connectivity index (χ3v) is 4.29. The Bertz CT molecular complexity index is 346. The highest BCUT2D eigenvalue weighted by Gasteiger charge is 2.33. The number of carboxylic acids is 1. The first-order chi connectivity index (χ1) is 9.08. The molecule has 19 heavy (non-hydrogen) atoms. The van der Waals surface area contributed by atoms with Gasteiger partial charge in [-0.3, -0.25) is 4.79 Å². The molecule has 0 radical (unpaired) electrons. The summed E-state index contributed by atoms with van der Waals surface area (Å²) in [5.74, 6) is -0.427. The van der Waals surface area contributed by atoms with Gasteiger partial charge in [0.25, 0.3) is 0 Å². The molecule has 0 spiro atoms. The SMILES string of the molecule is CN1CCCC(CC(=O)N2CCCCC2C(=O)O)C1. The molecule has 0 saturated carbocycles. The first kappa shape index (κ1) is 14.3. The smallest absolute Gasteiger partial charge is 0.326 e. The van der Waals surface area contributed by atoms with E-state index >= 15 is 0 Å². The van der Waals surface area contributed by atoms with E-state index in [1.54, 1.807) is 4.90 Å². The lowest BCUT2D eigenvalue weighted by atomic mass is 9.93. The summed E-state index contributed by atoms with van der Waals surface area (Å²) in [6.45, 7) is 2.67. The topological polar surface area (TPSA) is 60.9 Å². The lowest BCUT2D eigenvalue weighted by molar-refractivity contribution is -0.152. The summed E-state index contributed by atoms with van der Waals surface area (Å²) in [4.78, 5) is 27.4. The Morgan fingerprint density at radius 2 is 1.95 bits per heavy atom. The molecule has 2 heterocycles.